The van der Waals surface area contributed by atoms with Crippen molar-refractivity contribution in [3.05, 3.63) is 222 Å². The molecule has 0 bridgehead atoms. The molecule has 0 aliphatic rings. The standard InChI is InChI=1S/C47H43N4O.C26H25N.Ir/c1-27-23-33(30-17-19-32(20-18-30)43-49-44(46(4,5)6)51-45(50-43)47(7,8)9)24-28(2)40(27)38-25-39(48-26-29(38)3)37-16-12-15-35-36-22-21-31-13-10-11-14-34(31)41(36)52-42(35)37;1-18(2)22-14-10-15-23(19(3)4)26(22)27-24-16-9-8-13-21(24)17-25(27)20-11-6-5-7-12-20;/h10-15,17-26H,1-9H3;5-11,13-16,18-19H,1-4H3;/q-1;-2;+3. The van der Waals surface area contributed by atoms with Crippen molar-refractivity contribution >= 4 is 43.6 Å². The molecule has 6 nitrogen and oxygen atoms in total. The normalized spacial score (nSPS) is 11.9. The molecule has 0 unspecified atom stereocenters. The summed E-state index contributed by atoms with van der Waals surface area (Å²) in [6.45, 7) is 28.5. The molecule has 12 rings (SSSR count). The summed E-state index contributed by atoms with van der Waals surface area (Å²) in [6.07, 6.45) is 1.97. The summed E-state index contributed by atoms with van der Waals surface area (Å²) < 4.78 is 9.03. The minimum atomic E-state index is -0.184. The molecule has 7 heteroatoms. The van der Waals surface area contributed by atoms with Gasteiger partial charge in [0.15, 0.2) is 5.82 Å². The van der Waals surface area contributed by atoms with E-state index in [1.54, 1.807) is 0 Å². The fraction of sp³-hybridized carbons (Fsp3) is 0.233. The third kappa shape index (κ3) is 10.6. The van der Waals surface area contributed by atoms with Gasteiger partial charge in [-0.3, -0.25) is 0 Å². The van der Waals surface area contributed by atoms with Crippen LogP contribution in [0.25, 0.3) is 105 Å². The number of aromatic nitrogens is 5. The first-order valence-electron chi connectivity index (χ1n) is 27.7. The summed E-state index contributed by atoms with van der Waals surface area (Å²) in [5.41, 5.74) is 19.6. The number of pyridine rings is 1. The number of aryl methyl sites for hydroxylation is 3. The van der Waals surface area contributed by atoms with Gasteiger partial charge in [-0.1, -0.05) is 189 Å². The predicted octanol–water partition coefficient (Wildman–Crippen LogP) is 19.4. The molecular formula is C73H68IrN5O. The monoisotopic (exact) mass is 1220 g/mol. The Hall–Kier alpha value is -7.83. The number of fused-ring (bicyclic) bond motifs is 6. The number of para-hydroxylation sites is 2. The summed E-state index contributed by atoms with van der Waals surface area (Å²) in [7, 11) is 0. The first-order chi connectivity index (χ1) is 37.8. The van der Waals surface area contributed by atoms with Crippen molar-refractivity contribution in [3.63, 3.8) is 0 Å². The summed E-state index contributed by atoms with van der Waals surface area (Å²) in [5, 5.41) is 5.58. The molecule has 0 N–H and O–H groups in total. The largest absolute Gasteiger partial charge is 3.00 e. The van der Waals surface area contributed by atoms with Gasteiger partial charge < -0.3 is 14.0 Å². The van der Waals surface area contributed by atoms with Crippen LogP contribution in [0.3, 0.4) is 0 Å². The SMILES string of the molecule is CC(C)c1cccc(C(C)C)c1-n1c(-c2[c-]cccc2)[c-]c2ccccc21.Cc1cnc(-c2[c-]ccc3c2oc2c4ccccc4ccc32)cc1-c1c(C)cc(-c2ccc(-c3nc(C(C)(C)C)nc(C(C)(C)C)n3)cc2)cc1C.[Ir+3]. The van der Waals surface area contributed by atoms with Gasteiger partial charge in [0.25, 0.3) is 0 Å². The van der Waals surface area contributed by atoms with Crippen molar-refractivity contribution in [2.24, 2.45) is 0 Å². The number of benzene rings is 8. The van der Waals surface area contributed by atoms with Crippen LogP contribution in [0, 0.1) is 39.0 Å². The Morgan fingerprint density at radius 1 is 0.537 bits per heavy atom. The van der Waals surface area contributed by atoms with Crippen LogP contribution in [0.4, 0.5) is 0 Å². The van der Waals surface area contributed by atoms with Crippen molar-refractivity contribution < 1.29 is 24.5 Å². The van der Waals surface area contributed by atoms with Crippen LogP contribution in [0.1, 0.15) is 121 Å². The fourth-order valence-corrected chi connectivity index (χ4v) is 10.9. The summed E-state index contributed by atoms with van der Waals surface area (Å²) in [5.74, 6) is 3.21. The van der Waals surface area contributed by atoms with Crippen molar-refractivity contribution in [2.45, 2.75) is 113 Å². The van der Waals surface area contributed by atoms with Crippen LogP contribution in [-0.2, 0) is 30.9 Å². The van der Waals surface area contributed by atoms with E-state index in [2.05, 4.69) is 252 Å². The van der Waals surface area contributed by atoms with Gasteiger partial charge in [-0.05, 0) is 99.3 Å². The Morgan fingerprint density at radius 3 is 1.81 bits per heavy atom. The molecule has 4 aromatic heterocycles. The zero-order valence-corrected chi connectivity index (χ0v) is 50.6. The summed E-state index contributed by atoms with van der Waals surface area (Å²) in [4.78, 5) is 19.6. The van der Waals surface area contributed by atoms with Gasteiger partial charge in [-0.15, -0.1) is 47.5 Å². The maximum Gasteiger partial charge on any atom is 3.00 e. The molecular weight excluding hydrogens is 1160 g/mol. The van der Waals surface area contributed by atoms with Gasteiger partial charge in [-0.25, -0.2) is 20.5 Å². The van der Waals surface area contributed by atoms with Gasteiger partial charge in [0.2, 0.25) is 0 Å². The zero-order chi connectivity index (χ0) is 55.5. The van der Waals surface area contributed by atoms with Gasteiger partial charge in [0.1, 0.15) is 17.2 Å². The van der Waals surface area contributed by atoms with Crippen LogP contribution in [0.5, 0.6) is 0 Å². The van der Waals surface area contributed by atoms with Crippen molar-refractivity contribution in [3.8, 4) is 61.8 Å². The molecule has 0 radical (unpaired) electrons. The summed E-state index contributed by atoms with van der Waals surface area (Å²) in [6, 6.07) is 66.0. The molecule has 0 spiro atoms. The minimum absolute atomic E-state index is 0. The smallest absolute Gasteiger partial charge is 0.500 e. The molecule has 0 amide bonds. The fourth-order valence-electron chi connectivity index (χ4n) is 10.9. The van der Waals surface area contributed by atoms with Gasteiger partial charge >= 0.3 is 20.1 Å². The Kier molecular flexibility index (Phi) is 15.3. The van der Waals surface area contributed by atoms with E-state index >= 15 is 0 Å². The van der Waals surface area contributed by atoms with E-state index in [1.165, 1.54) is 44.6 Å². The number of rotatable bonds is 8. The van der Waals surface area contributed by atoms with E-state index in [-0.39, 0.29) is 30.9 Å². The zero-order valence-electron chi connectivity index (χ0n) is 48.2. The van der Waals surface area contributed by atoms with E-state index in [1.807, 2.05) is 24.4 Å². The van der Waals surface area contributed by atoms with Gasteiger partial charge in [0.05, 0.1) is 5.58 Å². The Balaban J connectivity index is 0.000000216. The molecule has 4 heterocycles. The quantitative estimate of drug-likeness (QED) is 0.142. The summed E-state index contributed by atoms with van der Waals surface area (Å²) >= 11 is 0. The van der Waals surface area contributed by atoms with Crippen LogP contribution >= 0.6 is 0 Å². The Bertz CT molecular complexity index is 4160. The molecule has 0 saturated heterocycles. The van der Waals surface area contributed by atoms with Crippen LogP contribution in [-0.4, -0.2) is 24.5 Å². The van der Waals surface area contributed by atoms with E-state index < -0.39 is 0 Å². The van der Waals surface area contributed by atoms with Crippen LogP contribution < -0.4 is 0 Å². The van der Waals surface area contributed by atoms with Gasteiger partial charge in [-0.2, -0.15) is 30.3 Å². The molecule has 0 aliphatic carbocycles. The number of hydrogen-bond donors (Lipinski definition) is 0. The van der Waals surface area contributed by atoms with Gasteiger partial charge in [0, 0.05) is 39.1 Å². The topological polar surface area (TPSA) is 69.6 Å². The van der Waals surface area contributed by atoms with Crippen LogP contribution in [0.15, 0.2) is 168 Å². The van der Waals surface area contributed by atoms with E-state index in [0.29, 0.717) is 17.7 Å². The maximum atomic E-state index is 6.63. The Morgan fingerprint density at radius 2 is 1.16 bits per heavy atom. The average Bonchev–Trinajstić information content (AvgIpc) is 4.05. The second-order valence-electron chi connectivity index (χ2n) is 23.8. The van der Waals surface area contributed by atoms with Crippen LogP contribution in [0.2, 0.25) is 0 Å². The third-order valence-electron chi connectivity index (χ3n) is 15.1. The second-order valence-corrected chi connectivity index (χ2v) is 23.8. The Labute approximate surface area is 485 Å². The van der Waals surface area contributed by atoms with E-state index in [9.17, 15) is 0 Å². The first-order valence-corrected chi connectivity index (χ1v) is 27.7. The van der Waals surface area contributed by atoms with Crippen molar-refractivity contribution in [1.29, 1.82) is 0 Å². The van der Waals surface area contributed by atoms with E-state index in [4.69, 9.17) is 24.4 Å². The second kappa shape index (κ2) is 22.0. The molecule has 0 fully saturated rings. The molecule has 0 atom stereocenters. The molecule has 0 saturated carbocycles. The molecule has 0 aliphatic heterocycles. The average molecular weight is 1220 g/mol. The first kappa shape index (κ1) is 55.5. The number of nitrogens with zero attached hydrogens (tertiary/aromatic N) is 5. The van der Waals surface area contributed by atoms with Crippen molar-refractivity contribution in [2.75, 3.05) is 0 Å². The molecule has 80 heavy (non-hydrogen) atoms. The third-order valence-corrected chi connectivity index (χ3v) is 15.1. The number of furan rings is 1. The molecule has 400 valence electrons. The minimum Gasteiger partial charge on any atom is -0.500 e. The maximum absolute atomic E-state index is 6.63. The number of hydrogen-bond acceptors (Lipinski definition) is 5. The van der Waals surface area contributed by atoms with Crippen molar-refractivity contribution in [1.82, 2.24) is 24.5 Å². The predicted molar refractivity (Wildman–Crippen MR) is 329 cm³/mol. The molecule has 8 aromatic carbocycles. The molecule has 12 aromatic rings. The van der Waals surface area contributed by atoms with E-state index in [0.717, 1.165) is 94.5 Å².